The maximum Gasteiger partial charge on any atom is 0.134 e. The summed E-state index contributed by atoms with van der Waals surface area (Å²) in [7, 11) is 0. The van der Waals surface area contributed by atoms with Crippen molar-refractivity contribution >= 4 is 11.6 Å². The van der Waals surface area contributed by atoms with Gasteiger partial charge in [0, 0.05) is 0 Å². The van der Waals surface area contributed by atoms with Crippen LogP contribution in [0.2, 0.25) is 5.02 Å². The summed E-state index contributed by atoms with van der Waals surface area (Å²) in [5, 5.41) is 17.6. The van der Waals surface area contributed by atoms with Crippen molar-refractivity contribution in [2.24, 2.45) is 0 Å². The first-order valence-corrected chi connectivity index (χ1v) is 4.42. The smallest absolute Gasteiger partial charge is 0.134 e. The minimum Gasteiger partial charge on any atom is -0.506 e. The zero-order valence-corrected chi connectivity index (χ0v) is 8.23. The summed E-state index contributed by atoms with van der Waals surface area (Å²) in [6.07, 6.45) is 3.17. The molecule has 0 saturated carbocycles. The van der Waals surface area contributed by atoms with Crippen molar-refractivity contribution in [3.05, 3.63) is 35.1 Å². The van der Waals surface area contributed by atoms with Gasteiger partial charge in [0.1, 0.15) is 5.75 Å². The lowest BCUT2D eigenvalue weighted by molar-refractivity contribution is 0.475. The quantitative estimate of drug-likeness (QED) is 0.781. The molecule has 1 aromatic heterocycles. The van der Waals surface area contributed by atoms with Crippen molar-refractivity contribution in [1.29, 1.82) is 0 Å². The number of hydrogen-bond donors (Lipinski definition) is 1. The molecule has 0 atom stereocenters. The third-order valence-corrected chi connectivity index (χ3v) is 2.45. The van der Waals surface area contributed by atoms with Gasteiger partial charge < -0.3 is 5.11 Å². The van der Waals surface area contributed by atoms with Gasteiger partial charge in [-0.2, -0.15) is 15.0 Å². The molecule has 0 spiro atoms. The summed E-state index contributed by atoms with van der Waals surface area (Å²) in [5.41, 5.74) is 1.51. The molecule has 5 heteroatoms. The van der Waals surface area contributed by atoms with Crippen molar-refractivity contribution in [3.8, 4) is 11.4 Å². The second kappa shape index (κ2) is 3.31. The van der Waals surface area contributed by atoms with Gasteiger partial charge in [-0.25, -0.2) is 0 Å². The average Bonchev–Trinajstić information content (AvgIpc) is 2.67. The van der Waals surface area contributed by atoms with Crippen molar-refractivity contribution in [2.75, 3.05) is 0 Å². The van der Waals surface area contributed by atoms with Crippen molar-refractivity contribution < 1.29 is 5.11 Å². The molecule has 0 fully saturated rings. The summed E-state index contributed by atoms with van der Waals surface area (Å²) in [5.74, 6) is 0.0695. The molecule has 0 aliphatic rings. The number of hydrogen-bond acceptors (Lipinski definition) is 3. The molecule has 1 heterocycles. The molecule has 0 unspecified atom stereocenters. The van der Waals surface area contributed by atoms with Crippen LogP contribution < -0.4 is 0 Å². The fraction of sp³-hybridized carbons (Fsp3) is 0.111. The molecule has 0 saturated heterocycles. The fourth-order valence-electron chi connectivity index (χ4n) is 1.22. The molecule has 14 heavy (non-hydrogen) atoms. The molecule has 0 aliphatic heterocycles. The van der Waals surface area contributed by atoms with E-state index < -0.39 is 0 Å². The van der Waals surface area contributed by atoms with E-state index in [4.69, 9.17) is 11.6 Å². The zero-order valence-electron chi connectivity index (χ0n) is 7.48. The Balaban J connectivity index is 2.61. The molecule has 0 bridgehead atoms. The molecular formula is C9H8ClN3O. The minimum absolute atomic E-state index is 0.0695. The highest BCUT2D eigenvalue weighted by Crippen LogP contribution is 2.30. The summed E-state index contributed by atoms with van der Waals surface area (Å²) in [6, 6.07) is 3.24. The monoisotopic (exact) mass is 209 g/mol. The van der Waals surface area contributed by atoms with Gasteiger partial charge in [0.15, 0.2) is 0 Å². The first kappa shape index (κ1) is 9.02. The van der Waals surface area contributed by atoms with E-state index in [-0.39, 0.29) is 5.75 Å². The number of benzene rings is 1. The Morgan fingerprint density at radius 3 is 2.57 bits per heavy atom. The normalized spacial score (nSPS) is 10.4. The highest BCUT2D eigenvalue weighted by atomic mass is 35.5. The Hall–Kier alpha value is -1.55. The average molecular weight is 210 g/mol. The van der Waals surface area contributed by atoms with Gasteiger partial charge in [0.2, 0.25) is 0 Å². The first-order chi connectivity index (χ1) is 6.70. The Kier molecular flexibility index (Phi) is 2.13. The third-order valence-electron chi connectivity index (χ3n) is 1.97. The highest BCUT2D eigenvalue weighted by Gasteiger charge is 2.09. The van der Waals surface area contributed by atoms with Gasteiger partial charge in [-0.05, 0) is 24.6 Å². The molecule has 2 aromatic rings. The molecule has 4 nitrogen and oxygen atoms in total. The number of nitrogens with zero attached hydrogens (tertiary/aromatic N) is 3. The van der Waals surface area contributed by atoms with E-state index in [1.807, 2.05) is 0 Å². The minimum atomic E-state index is 0.0695. The van der Waals surface area contributed by atoms with E-state index in [1.54, 1.807) is 25.4 Å². The summed E-state index contributed by atoms with van der Waals surface area (Å²) in [6.45, 7) is 1.81. The molecule has 0 amide bonds. The number of aromatic nitrogens is 3. The van der Waals surface area contributed by atoms with Crippen LogP contribution in [0.5, 0.6) is 5.75 Å². The summed E-state index contributed by atoms with van der Waals surface area (Å²) >= 11 is 5.88. The van der Waals surface area contributed by atoms with Crippen molar-refractivity contribution in [1.82, 2.24) is 15.0 Å². The fourth-order valence-corrected chi connectivity index (χ4v) is 1.38. The van der Waals surface area contributed by atoms with Gasteiger partial charge in [0.25, 0.3) is 0 Å². The van der Waals surface area contributed by atoms with E-state index >= 15 is 0 Å². The van der Waals surface area contributed by atoms with Crippen LogP contribution in [0.25, 0.3) is 5.69 Å². The Morgan fingerprint density at radius 2 is 1.93 bits per heavy atom. The number of halogens is 1. The zero-order chi connectivity index (χ0) is 10.1. The van der Waals surface area contributed by atoms with E-state index in [0.29, 0.717) is 5.02 Å². The van der Waals surface area contributed by atoms with E-state index in [1.165, 1.54) is 10.9 Å². The van der Waals surface area contributed by atoms with Crippen LogP contribution in [-0.2, 0) is 0 Å². The molecule has 2 rings (SSSR count). The van der Waals surface area contributed by atoms with Gasteiger partial charge >= 0.3 is 0 Å². The second-order valence-corrected chi connectivity index (χ2v) is 3.24. The third kappa shape index (κ3) is 1.33. The van der Waals surface area contributed by atoms with Crippen LogP contribution in [0.3, 0.4) is 0 Å². The van der Waals surface area contributed by atoms with E-state index in [2.05, 4.69) is 10.2 Å². The Bertz CT molecular complexity index is 453. The molecule has 1 aromatic carbocycles. The number of phenols is 1. The van der Waals surface area contributed by atoms with Crippen LogP contribution in [0, 0.1) is 6.92 Å². The molecule has 72 valence electrons. The lowest BCUT2D eigenvalue weighted by Crippen LogP contribution is -2.01. The van der Waals surface area contributed by atoms with Crippen LogP contribution in [-0.4, -0.2) is 20.1 Å². The maximum absolute atomic E-state index is 9.34. The molecule has 0 aliphatic carbocycles. The lowest BCUT2D eigenvalue weighted by Gasteiger charge is -2.06. The Labute approximate surface area is 85.7 Å². The molecular weight excluding hydrogens is 202 g/mol. The van der Waals surface area contributed by atoms with Crippen LogP contribution in [0.4, 0.5) is 0 Å². The van der Waals surface area contributed by atoms with Crippen LogP contribution >= 0.6 is 11.6 Å². The van der Waals surface area contributed by atoms with Crippen molar-refractivity contribution in [3.63, 3.8) is 0 Å². The number of rotatable bonds is 1. The molecule has 0 radical (unpaired) electrons. The largest absolute Gasteiger partial charge is 0.506 e. The number of phenolic OH excluding ortho intramolecular Hbond substituents is 1. The second-order valence-electron chi connectivity index (χ2n) is 2.86. The molecule has 1 N–H and O–H groups in total. The standard InChI is InChI=1S/C9H8ClN3O/c1-6-7(13-11-4-5-12-13)2-3-8(14)9(6)10/h2-5,14H,1H3. The maximum atomic E-state index is 9.34. The lowest BCUT2D eigenvalue weighted by atomic mass is 10.2. The van der Waals surface area contributed by atoms with Gasteiger partial charge in [0.05, 0.1) is 23.1 Å². The van der Waals surface area contributed by atoms with Crippen LogP contribution in [0.15, 0.2) is 24.5 Å². The van der Waals surface area contributed by atoms with Crippen molar-refractivity contribution in [2.45, 2.75) is 6.92 Å². The highest BCUT2D eigenvalue weighted by molar-refractivity contribution is 6.33. The Morgan fingerprint density at radius 1 is 1.29 bits per heavy atom. The summed E-state index contributed by atoms with van der Waals surface area (Å²) < 4.78 is 0. The van der Waals surface area contributed by atoms with Crippen LogP contribution in [0.1, 0.15) is 5.56 Å². The summed E-state index contributed by atoms with van der Waals surface area (Å²) in [4.78, 5) is 1.46. The van der Waals surface area contributed by atoms with Gasteiger partial charge in [-0.15, -0.1) is 0 Å². The number of aromatic hydroxyl groups is 1. The predicted octanol–water partition coefficient (Wildman–Crippen LogP) is 1.93. The topological polar surface area (TPSA) is 50.9 Å². The van der Waals surface area contributed by atoms with Gasteiger partial charge in [-0.1, -0.05) is 11.6 Å². The first-order valence-electron chi connectivity index (χ1n) is 4.05. The predicted molar refractivity (Wildman–Crippen MR) is 52.8 cm³/mol. The SMILES string of the molecule is Cc1c(-n2nccn2)ccc(O)c1Cl. The van der Waals surface area contributed by atoms with E-state index in [0.717, 1.165) is 11.3 Å². The van der Waals surface area contributed by atoms with E-state index in [9.17, 15) is 5.11 Å². The van der Waals surface area contributed by atoms with Gasteiger partial charge in [-0.3, -0.25) is 0 Å².